The van der Waals surface area contributed by atoms with Crippen LogP contribution in [0.5, 0.6) is 0 Å². The van der Waals surface area contributed by atoms with Crippen LogP contribution >= 0.6 is 23.2 Å². The van der Waals surface area contributed by atoms with Crippen molar-refractivity contribution in [3.05, 3.63) is 53.8 Å². The zero-order valence-electron chi connectivity index (χ0n) is 9.85. The standard InChI is InChI=1S/C14H9Cl2N3/c15-4-13-14(10-5-17-8-18-6-10)12-2-1-11(16)3-9(12)7-19-13/h1-3,5-8H,4H2. The normalized spacial score (nSPS) is 10.8. The van der Waals surface area contributed by atoms with Crippen LogP contribution in [0.1, 0.15) is 5.69 Å². The van der Waals surface area contributed by atoms with Crippen molar-refractivity contribution in [2.75, 3.05) is 0 Å². The van der Waals surface area contributed by atoms with Gasteiger partial charge in [-0.25, -0.2) is 9.97 Å². The molecule has 3 aromatic rings. The van der Waals surface area contributed by atoms with Crippen LogP contribution in [0.15, 0.2) is 43.1 Å². The van der Waals surface area contributed by atoms with Crippen molar-refractivity contribution in [2.24, 2.45) is 0 Å². The molecule has 19 heavy (non-hydrogen) atoms. The second kappa shape index (κ2) is 5.11. The molecule has 0 aliphatic heterocycles. The highest BCUT2D eigenvalue weighted by molar-refractivity contribution is 6.31. The van der Waals surface area contributed by atoms with E-state index < -0.39 is 0 Å². The van der Waals surface area contributed by atoms with E-state index in [1.165, 1.54) is 6.33 Å². The van der Waals surface area contributed by atoms with Gasteiger partial charge < -0.3 is 0 Å². The van der Waals surface area contributed by atoms with Crippen LogP contribution in [-0.2, 0) is 5.88 Å². The average molecular weight is 290 g/mol. The first kappa shape index (κ1) is 12.3. The Morgan fingerprint density at radius 1 is 1.05 bits per heavy atom. The molecule has 0 fully saturated rings. The number of hydrogen-bond donors (Lipinski definition) is 0. The van der Waals surface area contributed by atoms with Gasteiger partial charge in [0, 0.05) is 40.1 Å². The van der Waals surface area contributed by atoms with Crippen molar-refractivity contribution in [3.8, 4) is 11.1 Å². The monoisotopic (exact) mass is 289 g/mol. The minimum atomic E-state index is 0.336. The summed E-state index contributed by atoms with van der Waals surface area (Å²) in [6.45, 7) is 0. The Balaban J connectivity index is 2.37. The Morgan fingerprint density at radius 3 is 2.58 bits per heavy atom. The third-order valence-electron chi connectivity index (χ3n) is 2.91. The molecule has 2 aromatic heterocycles. The van der Waals surface area contributed by atoms with Crippen molar-refractivity contribution in [1.29, 1.82) is 0 Å². The highest BCUT2D eigenvalue weighted by Gasteiger charge is 2.11. The third kappa shape index (κ3) is 2.27. The summed E-state index contributed by atoms with van der Waals surface area (Å²) in [7, 11) is 0. The minimum Gasteiger partial charge on any atom is -0.259 e. The quantitative estimate of drug-likeness (QED) is 0.667. The number of alkyl halides is 1. The van der Waals surface area contributed by atoms with Crippen LogP contribution in [0, 0.1) is 0 Å². The van der Waals surface area contributed by atoms with Gasteiger partial charge >= 0.3 is 0 Å². The second-order valence-corrected chi connectivity index (χ2v) is 4.78. The lowest BCUT2D eigenvalue weighted by atomic mass is 10.0. The summed E-state index contributed by atoms with van der Waals surface area (Å²) in [5, 5.41) is 2.70. The maximum absolute atomic E-state index is 6.01. The van der Waals surface area contributed by atoms with Gasteiger partial charge in [0.25, 0.3) is 0 Å². The maximum Gasteiger partial charge on any atom is 0.115 e. The molecule has 5 heteroatoms. The molecular weight excluding hydrogens is 281 g/mol. The fraction of sp³-hybridized carbons (Fsp3) is 0.0714. The summed E-state index contributed by atoms with van der Waals surface area (Å²) in [6.07, 6.45) is 6.80. The minimum absolute atomic E-state index is 0.336. The number of pyridine rings is 1. The number of nitrogens with zero attached hydrogens (tertiary/aromatic N) is 3. The van der Waals surface area contributed by atoms with E-state index >= 15 is 0 Å². The van der Waals surface area contributed by atoms with Crippen LogP contribution in [0.25, 0.3) is 21.9 Å². The Hall–Kier alpha value is -1.71. The Bertz CT molecular complexity index is 729. The summed E-state index contributed by atoms with van der Waals surface area (Å²) in [5.74, 6) is 0.336. The highest BCUT2D eigenvalue weighted by Crippen LogP contribution is 2.32. The van der Waals surface area contributed by atoms with E-state index in [1.807, 2.05) is 18.2 Å². The number of rotatable bonds is 2. The molecule has 0 unspecified atom stereocenters. The van der Waals surface area contributed by atoms with Gasteiger partial charge in [0.15, 0.2) is 0 Å². The lowest BCUT2D eigenvalue weighted by Crippen LogP contribution is -1.94. The molecule has 0 aliphatic carbocycles. The Labute approximate surface area is 120 Å². The fourth-order valence-corrected chi connectivity index (χ4v) is 2.47. The summed E-state index contributed by atoms with van der Waals surface area (Å²) in [5.41, 5.74) is 2.68. The van der Waals surface area contributed by atoms with E-state index in [4.69, 9.17) is 23.2 Å². The molecule has 3 rings (SSSR count). The van der Waals surface area contributed by atoms with Crippen molar-refractivity contribution in [1.82, 2.24) is 15.0 Å². The van der Waals surface area contributed by atoms with Crippen molar-refractivity contribution in [2.45, 2.75) is 5.88 Å². The van der Waals surface area contributed by atoms with Crippen molar-refractivity contribution >= 4 is 34.0 Å². The van der Waals surface area contributed by atoms with Crippen molar-refractivity contribution < 1.29 is 0 Å². The molecule has 0 bridgehead atoms. The smallest absolute Gasteiger partial charge is 0.115 e. The first-order chi connectivity index (χ1) is 9.29. The number of aromatic nitrogens is 3. The van der Waals surface area contributed by atoms with Gasteiger partial charge in [-0.05, 0) is 17.5 Å². The topological polar surface area (TPSA) is 38.7 Å². The molecule has 3 nitrogen and oxygen atoms in total. The van der Waals surface area contributed by atoms with Gasteiger partial charge in [-0.15, -0.1) is 11.6 Å². The van der Waals surface area contributed by atoms with Gasteiger partial charge in [0.2, 0.25) is 0 Å². The number of benzene rings is 1. The first-order valence-electron chi connectivity index (χ1n) is 5.68. The van der Waals surface area contributed by atoms with Crippen LogP contribution in [0.4, 0.5) is 0 Å². The van der Waals surface area contributed by atoms with E-state index in [1.54, 1.807) is 18.6 Å². The molecule has 0 spiro atoms. The van der Waals surface area contributed by atoms with E-state index in [9.17, 15) is 0 Å². The first-order valence-corrected chi connectivity index (χ1v) is 6.59. The zero-order chi connectivity index (χ0) is 13.2. The number of fused-ring (bicyclic) bond motifs is 1. The lowest BCUT2D eigenvalue weighted by Gasteiger charge is -2.10. The predicted molar refractivity (Wildman–Crippen MR) is 77.3 cm³/mol. The number of halogens is 2. The fourth-order valence-electron chi connectivity index (χ4n) is 2.09. The van der Waals surface area contributed by atoms with Crippen LogP contribution < -0.4 is 0 Å². The lowest BCUT2D eigenvalue weighted by molar-refractivity contribution is 1.15. The molecular formula is C14H9Cl2N3. The second-order valence-electron chi connectivity index (χ2n) is 4.07. The molecule has 94 valence electrons. The SMILES string of the molecule is ClCc1ncc2cc(Cl)ccc2c1-c1cncnc1. The predicted octanol–water partition coefficient (Wildman–Crippen LogP) is 4.08. The van der Waals surface area contributed by atoms with Gasteiger partial charge in [-0.1, -0.05) is 17.7 Å². The zero-order valence-corrected chi connectivity index (χ0v) is 11.4. The van der Waals surface area contributed by atoms with Crippen LogP contribution in [-0.4, -0.2) is 15.0 Å². The van der Waals surface area contributed by atoms with Gasteiger partial charge in [-0.3, -0.25) is 4.98 Å². The van der Waals surface area contributed by atoms with Crippen LogP contribution in [0.3, 0.4) is 0 Å². The van der Waals surface area contributed by atoms with E-state index in [-0.39, 0.29) is 0 Å². The third-order valence-corrected chi connectivity index (χ3v) is 3.40. The average Bonchev–Trinajstić information content (AvgIpc) is 2.46. The molecule has 0 saturated heterocycles. The molecule has 0 aliphatic rings. The molecule has 0 N–H and O–H groups in total. The van der Waals surface area contributed by atoms with Gasteiger partial charge in [0.05, 0.1) is 11.6 Å². The summed E-state index contributed by atoms with van der Waals surface area (Å²) in [4.78, 5) is 12.5. The number of hydrogen-bond acceptors (Lipinski definition) is 3. The van der Waals surface area contributed by atoms with E-state index in [0.717, 1.165) is 27.6 Å². The summed E-state index contributed by atoms with van der Waals surface area (Å²) >= 11 is 12.0. The molecule has 2 heterocycles. The van der Waals surface area contributed by atoms with E-state index in [2.05, 4.69) is 15.0 Å². The molecule has 0 atom stereocenters. The maximum atomic E-state index is 6.01. The van der Waals surface area contributed by atoms with Crippen molar-refractivity contribution in [3.63, 3.8) is 0 Å². The molecule has 0 radical (unpaired) electrons. The van der Waals surface area contributed by atoms with Gasteiger partial charge in [0.1, 0.15) is 6.33 Å². The van der Waals surface area contributed by atoms with E-state index in [0.29, 0.717) is 10.9 Å². The highest BCUT2D eigenvalue weighted by atomic mass is 35.5. The van der Waals surface area contributed by atoms with Gasteiger partial charge in [-0.2, -0.15) is 0 Å². The Morgan fingerprint density at radius 2 is 1.84 bits per heavy atom. The Kier molecular flexibility index (Phi) is 3.32. The summed E-state index contributed by atoms with van der Waals surface area (Å²) < 4.78 is 0. The molecule has 0 amide bonds. The summed E-state index contributed by atoms with van der Waals surface area (Å²) in [6, 6.07) is 5.71. The molecule has 1 aromatic carbocycles. The largest absolute Gasteiger partial charge is 0.259 e. The molecule has 0 saturated carbocycles. The van der Waals surface area contributed by atoms with Crippen LogP contribution in [0.2, 0.25) is 5.02 Å².